The fraction of sp³-hybridized carbons (Fsp3) is 0.357. The molecule has 0 saturated carbocycles. The second-order valence-corrected chi connectivity index (χ2v) is 10.6. The van der Waals surface area contributed by atoms with Crippen molar-refractivity contribution in [2.24, 2.45) is 0 Å². The van der Waals surface area contributed by atoms with E-state index in [1.165, 1.54) is 24.5 Å². The standard InChI is InChI=1S/C28H29ClFN5O5/c1-28(2)15-39-26(37)13-35(28)8-3-4-25(36)34-23-11-19-22(12-24(23)40-18-7-9-38-14-18)31-16-32-27(19)33-17-5-6-21(30)20(29)10-17/h3-6,10-12,16,18H,7-9,13-15H2,1-2H3,(H,34,36)(H,31,32,33)/t18-/m0/s1. The van der Waals surface area contributed by atoms with Gasteiger partial charge in [-0.1, -0.05) is 17.7 Å². The number of cyclic esters (lactones) is 1. The zero-order chi connectivity index (χ0) is 28.3. The Bertz CT molecular complexity index is 1460. The predicted molar refractivity (Wildman–Crippen MR) is 148 cm³/mol. The maximum atomic E-state index is 13.6. The zero-order valence-corrected chi connectivity index (χ0v) is 22.8. The maximum Gasteiger partial charge on any atom is 0.320 e. The van der Waals surface area contributed by atoms with Crippen LogP contribution in [0.3, 0.4) is 0 Å². The number of carbonyl (C=O) groups is 2. The van der Waals surface area contributed by atoms with Crippen molar-refractivity contribution in [3.63, 3.8) is 0 Å². The number of ether oxygens (including phenoxy) is 3. The van der Waals surface area contributed by atoms with Crippen LogP contribution in [-0.2, 0) is 19.1 Å². The van der Waals surface area contributed by atoms with E-state index >= 15 is 0 Å². The molecule has 210 valence electrons. The molecule has 0 aliphatic carbocycles. The third-order valence-electron chi connectivity index (χ3n) is 6.72. The number of aromatic nitrogens is 2. The van der Waals surface area contributed by atoms with Gasteiger partial charge in [0, 0.05) is 36.2 Å². The van der Waals surface area contributed by atoms with Crippen molar-refractivity contribution in [3.05, 3.63) is 59.7 Å². The number of halogens is 2. The average molecular weight is 570 g/mol. The van der Waals surface area contributed by atoms with Gasteiger partial charge < -0.3 is 24.8 Å². The number of fused-ring (bicyclic) bond motifs is 1. The summed E-state index contributed by atoms with van der Waals surface area (Å²) in [7, 11) is 0. The van der Waals surface area contributed by atoms with E-state index in [0.29, 0.717) is 53.6 Å². The Hall–Kier alpha value is -3.80. The highest BCUT2D eigenvalue weighted by molar-refractivity contribution is 6.31. The fourth-order valence-corrected chi connectivity index (χ4v) is 4.59. The van der Waals surface area contributed by atoms with Gasteiger partial charge in [0.1, 0.15) is 36.4 Å². The monoisotopic (exact) mass is 569 g/mol. The molecule has 2 fully saturated rings. The molecule has 3 heterocycles. The van der Waals surface area contributed by atoms with Gasteiger partial charge in [0.25, 0.3) is 0 Å². The van der Waals surface area contributed by atoms with Gasteiger partial charge in [0.2, 0.25) is 5.91 Å². The molecule has 0 spiro atoms. The first kappa shape index (κ1) is 27.8. The van der Waals surface area contributed by atoms with Crippen LogP contribution in [-0.4, -0.2) is 71.3 Å². The fourth-order valence-electron chi connectivity index (χ4n) is 4.41. The summed E-state index contributed by atoms with van der Waals surface area (Å²) >= 11 is 5.94. The predicted octanol–water partition coefficient (Wildman–Crippen LogP) is 4.47. The number of esters is 1. The number of hydrogen-bond donors (Lipinski definition) is 2. The lowest BCUT2D eigenvalue weighted by molar-refractivity contribution is -0.159. The highest BCUT2D eigenvalue weighted by atomic mass is 35.5. The van der Waals surface area contributed by atoms with Gasteiger partial charge in [-0.05, 0) is 38.1 Å². The molecule has 2 N–H and O–H groups in total. The number of morpholine rings is 1. The van der Waals surface area contributed by atoms with Crippen LogP contribution in [0.1, 0.15) is 20.3 Å². The molecule has 12 heteroatoms. The molecular weight excluding hydrogens is 541 g/mol. The minimum absolute atomic E-state index is 0.0256. The largest absolute Gasteiger partial charge is 0.486 e. The highest BCUT2D eigenvalue weighted by Gasteiger charge is 2.34. The summed E-state index contributed by atoms with van der Waals surface area (Å²) in [6, 6.07) is 7.72. The van der Waals surface area contributed by atoms with Gasteiger partial charge in [-0.2, -0.15) is 0 Å². The topological polar surface area (TPSA) is 115 Å². The van der Waals surface area contributed by atoms with Crippen LogP contribution >= 0.6 is 11.6 Å². The lowest BCUT2D eigenvalue weighted by Crippen LogP contribution is -2.54. The van der Waals surface area contributed by atoms with Gasteiger partial charge in [-0.25, -0.2) is 14.4 Å². The molecule has 0 radical (unpaired) electrons. The van der Waals surface area contributed by atoms with E-state index in [1.54, 1.807) is 24.3 Å². The van der Waals surface area contributed by atoms with Crippen LogP contribution in [0, 0.1) is 5.82 Å². The third kappa shape index (κ3) is 6.49. The molecule has 2 aliphatic heterocycles. The molecule has 0 bridgehead atoms. The van der Waals surface area contributed by atoms with Gasteiger partial charge >= 0.3 is 5.97 Å². The second-order valence-electron chi connectivity index (χ2n) is 10.2. The number of amides is 1. The molecule has 2 aromatic carbocycles. The highest BCUT2D eigenvalue weighted by Crippen LogP contribution is 2.35. The summed E-state index contributed by atoms with van der Waals surface area (Å²) in [5.74, 6) is -0.311. The van der Waals surface area contributed by atoms with Crippen molar-refractivity contribution >= 4 is 51.6 Å². The van der Waals surface area contributed by atoms with Crippen molar-refractivity contribution in [1.29, 1.82) is 0 Å². The molecule has 0 unspecified atom stereocenters. The Morgan fingerprint density at radius 3 is 2.92 bits per heavy atom. The van der Waals surface area contributed by atoms with Crippen molar-refractivity contribution in [3.8, 4) is 5.75 Å². The smallest absolute Gasteiger partial charge is 0.320 e. The van der Waals surface area contributed by atoms with Crippen LogP contribution in [0.25, 0.3) is 10.9 Å². The SMILES string of the molecule is CC1(C)COC(=O)CN1CC=CC(=O)Nc1cc2c(Nc3ccc(F)c(Cl)c3)ncnc2cc1O[C@H]1CCOC1. The van der Waals surface area contributed by atoms with Crippen molar-refractivity contribution in [2.75, 3.05) is 43.5 Å². The van der Waals surface area contributed by atoms with E-state index in [0.717, 1.165) is 6.42 Å². The van der Waals surface area contributed by atoms with Crippen LogP contribution in [0.2, 0.25) is 5.02 Å². The number of nitrogens with zero attached hydrogens (tertiary/aromatic N) is 3. The summed E-state index contributed by atoms with van der Waals surface area (Å²) in [4.78, 5) is 35.4. The Morgan fingerprint density at radius 1 is 1.30 bits per heavy atom. The minimum atomic E-state index is -0.528. The number of anilines is 3. The molecule has 2 aliphatic rings. The van der Waals surface area contributed by atoms with Gasteiger partial charge in [-0.3, -0.25) is 14.5 Å². The molecule has 1 amide bonds. The Morgan fingerprint density at radius 2 is 2.15 bits per heavy atom. The lowest BCUT2D eigenvalue weighted by Gasteiger charge is -2.40. The second kappa shape index (κ2) is 11.7. The molecule has 40 heavy (non-hydrogen) atoms. The van der Waals surface area contributed by atoms with Crippen molar-refractivity contribution < 1.29 is 28.2 Å². The first-order chi connectivity index (χ1) is 19.2. The quantitative estimate of drug-likeness (QED) is 0.299. The van der Waals surface area contributed by atoms with Crippen LogP contribution < -0.4 is 15.4 Å². The average Bonchev–Trinajstić information content (AvgIpc) is 3.42. The maximum absolute atomic E-state index is 13.6. The Balaban J connectivity index is 1.40. The van der Waals surface area contributed by atoms with E-state index in [2.05, 4.69) is 20.6 Å². The third-order valence-corrected chi connectivity index (χ3v) is 7.01. The summed E-state index contributed by atoms with van der Waals surface area (Å²) in [5.41, 5.74) is 1.20. The van der Waals surface area contributed by atoms with E-state index < -0.39 is 5.82 Å². The van der Waals surface area contributed by atoms with Crippen LogP contribution in [0.15, 0.2) is 48.8 Å². The summed E-state index contributed by atoms with van der Waals surface area (Å²) < 4.78 is 30.4. The molecule has 1 atom stereocenters. The molecule has 2 saturated heterocycles. The van der Waals surface area contributed by atoms with Gasteiger partial charge in [-0.15, -0.1) is 0 Å². The number of hydrogen-bond acceptors (Lipinski definition) is 9. The van der Waals surface area contributed by atoms with Gasteiger partial charge in [0.15, 0.2) is 0 Å². The van der Waals surface area contributed by atoms with Crippen molar-refractivity contribution in [1.82, 2.24) is 14.9 Å². The van der Waals surface area contributed by atoms with Gasteiger partial charge in [0.05, 0.1) is 41.5 Å². The van der Waals surface area contributed by atoms with Crippen LogP contribution in [0.5, 0.6) is 5.75 Å². The van der Waals surface area contributed by atoms with E-state index in [9.17, 15) is 14.0 Å². The molecule has 1 aromatic heterocycles. The number of carbonyl (C=O) groups excluding carboxylic acids is 2. The molecular formula is C28H29ClFN5O5. The van der Waals surface area contributed by atoms with Crippen LogP contribution in [0.4, 0.5) is 21.6 Å². The molecule has 3 aromatic rings. The van der Waals surface area contributed by atoms with E-state index in [1.807, 2.05) is 18.7 Å². The first-order valence-corrected chi connectivity index (χ1v) is 13.2. The summed E-state index contributed by atoms with van der Waals surface area (Å²) in [5, 5.41) is 6.61. The number of nitrogens with one attached hydrogen (secondary N) is 2. The normalized spacial score (nSPS) is 19.1. The zero-order valence-electron chi connectivity index (χ0n) is 22.1. The van der Waals surface area contributed by atoms with E-state index in [4.69, 9.17) is 25.8 Å². The summed E-state index contributed by atoms with van der Waals surface area (Å²) in [6.07, 6.45) is 5.09. The lowest BCUT2D eigenvalue weighted by atomic mass is 10.0. The van der Waals surface area contributed by atoms with Crippen molar-refractivity contribution in [2.45, 2.75) is 31.9 Å². The number of rotatable bonds is 8. The number of benzene rings is 2. The minimum Gasteiger partial charge on any atom is -0.486 e. The molecule has 10 nitrogen and oxygen atoms in total. The Labute approximate surface area is 235 Å². The van der Waals surface area contributed by atoms with E-state index in [-0.39, 0.29) is 41.7 Å². The summed E-state index contributed by atoms with van der Waals surface area (Å²) in [6.45, 7) is 5.84. The first-order valence-electron chi connectivity index (χ1n) is 12.8. The Kier molecular flexibility index (Phi) is 8.15. The molecule has 5 rings (SSSR count).